The van der Waals surface area contributed by atoms with Crippen LogP contribution in [0.4, 0.5) is 4.39 Å². The molecule has 0 aliphatic carbocycles. The zero-order valence-electron chi connectivity index (χ0n) is 18.9. The molecule has 5 nitrogen and oxygen atoms in total. The highest BCUT2D eigenvalue weighted by Crippen LogP contribution is 2.16. The fraction of sp³-hybridized carbons (Fsp3) is 0.417. The van der Waals surface area contributed by atoms with Gasteiger partial charge in [0.1, 0.15) is 5.82 Å². The molecule has 31 heavy (non-hydrogen) atoms. The number of nitrogens with zero attached hydrogens (tertiary/aromatic N) is 2. The number of carbonyl (C=O) groups excluding carboxylic acids is 1. The first-order chi connectivity index (χ1) is 15.0. The molecule has 0 heterocycles. The molecule has 0 spiro atoms. The summed E-state index contributed by atoms with van der Waals surface area (Å²) in [5.41, 5.74) is 3.77. The number of benzene rings is 2. The van der Waals surface area contributed by atoms with Gasteiger partial charge in [-0.25, -0.2) is 9.38 Å². The van der Waals surface area contributed by atoms with Crippen LogP contribution in [0, 0.1) is 5.82 Å². The Morgan fingerprint density at radius 3 is 2.35 bits per heavy atom. The van der Waals surface area contributed by atoms with E-state index in [9.17, 15) is 9.18 Å². The van der Waals surface area contributed by atoms with E-state index in [1.807, 2.05) is 57.4 Å². The molecule has 2 aromatic carbocycles. The molecule has 0 atom stereocenters. The molecule has 0 fully saturated rings. The number of aliphatic imine (C=N–C) groups is 1. The van der Waals surface area contributed by atoms with Gasteiger partial charge in [0, 0.05) is 37.5 Å². The summed E-state index contributed by atoms with van der Waals surface area (Å²) in [6, 6.07) is 12.5. The number of carbonyl (C=O) groups is 1. The summed E-state index contributed by atoms with van der Waals surface area (Å²) in [4.78, 5) is 18.9. The maximum absolute atomic E-state index is 13.6. The lowest BCUT2D eigenvalue weighted by Gasteiger charge is -2.18. The van der Waals surface area contributed by atoms with Crippen LogP contribution in [0.25, 0.3) is 0 Å². The second-order valence-electron chi connectivity index (χ2n) is 7.07. The van der Waals surface area contributed by atoms with E-state index in [1.165, 1.54) is 6.07 Å². The lowest BCUT2D eigenvalue weighted by Crippen LogP contribution is -2.37. The number of hydrogen-bond donors (Lipinski definition) is 2. The molecule has 0 radical (unpaired) electrons. The van der Waals surface area contributed by atoms with Gasteiger partial charge in [-0.3, -0.25) is 4.79 Å². The smallest absolute Gasteiger partial charge is 0.253 e. The van der Waals surface area contributed by atoms with Crippen LogP contribution in [-0.4, -0.2) is 42.7 Å². The van der Waals surface area contributed by atoms with Crippen molar-refractivity contribution in [1.29, 1.82) is 0 Å². The van der Waals surface area contributed by atoms with Gasteiger partial charge < -0.3 is 15.5 Å². The van der Waals surface area contributed by atoms with E-state index in [2.05, 4.69) is 15.6 Å². The topological polar surface area (TPSA) is 56.7 Å². The van der Waals surface area contributed by atoms with Gasteiger partial charge in [-0.15, -0.1) is 0 Å². The molecule has 0 saturated heterocycles. The van der Waals surface area contributed by atoms with Gasteiger partial charge in [-0.05, 0) is 68.0 Å². The largest absolute Gasteiger partial charge is 0.357 e. The van der Waals surface area contributed by atoms with Gasteiger partial charge in [0.05, 0.1) is 6.54 Å². The maximum Gasteiger partial charge on any atom is 0.253 e. The Morgan fingerprint density at radius 1 is 1.03 bits per heavy atom. The number of nitrogens with one attached hydrogen (secondary N) is 2. The van der Waals surface area contributed by atoms with Crippen molar-refractivity contribution in [2.45, 2.75) is 39.6 Å². The monoisotopic (exact) mass is 444 g/mol. The number of rotatable bonds is 10. The molecule has 2 rings (SSSR count). The molecule has 0 aliphatic rings. The van der Waals surface area contributed by atoms with Crippen molar-refractivity contribution < 1.29 is 9.18 Å². The predicted molar refractivity (Wildman–Crippen MR) is 129 cm³/mol. The first-order valence-corrected chi connectivity index (χ1v) is 12.1. The first kappa shape index (κ1) is 24.7. The number of amides is 1. The minimum atomic E-state index is -0.212. The van der Waals surface area contributed by atoms with Crippen LogP contribution in [0.5, 0.6) is 0 Å². The molecule has 2 aromatic rings. The highest BCUT2D eigenvalue weighted by atomic mass is 32.2. The molecule has 0 unspecified atom stereocenters. The summed E-state index contributed by atoms with van der Waals surface area (Å²) in [5, 5.41) is 6.58. The van der Waals surface area contributed by atoms with E-state index in [0.717, 1.165) is 29.0 Å². The Morgan fingerprint density at radius 2 is 1.74 bits per heavy atom. The normalized spacial score (nSPS) is 11.3. The molecular formula is C24H33FN4OS. The number of halogens is 1. The SMILES string of the molecule is CCNC(=NCc1ccc(C(=O)N(CC)CC)cc1)NCc1ccc(F)cc1CSC. The fourth-order valence-corrected chi connectivity index (χ4v) is 3.77. The Hall–Kier alpha value is -2.54. The van der Waals surface area contributed by atoms with Crippen LogP contribution in [0.1, 0.15) is 47.8 Å². The Kier molecular flexibility index (Phi) is 10.4. The molecule has 168 valence electrons. The van der Waals surface area contributed by atoms with Gasteiger partial charge in [0.2, 0.25) is 0 Å². The summed E-state index contributed by atoms with van der Waals surface area (Å²) >= 11 is 1.67. The maximum atomic E-state index is 13.6. The van der Waals surface area contributed by atoms with Crippen LogP contribution in [0.2, 0.25) is 0 Å². The van der Waals surface area contributed by atoms with E-state index in [1.54, 1.807) is 22.7 Å². The van der Waals surface area contributed by atoms with Crippen molar-refractivity contribution in [3.05, 3.63) is 70.5 Å². The molecule has 0 bridgehead atoms. The van der Waals surface area contributed by atoms with Crippen molar-refractivity contribution >= 4 is 23.6 Å². The van der Waals surface area contributed by atoms with Crippen molar-refractivity contribution in [3.63, 3.8) is 0 Å². The highest BCUT2D eigenvalue weighted by Gasteiger charge is 2.12. The third-order valence-electron chi connectivity index (χ3n) is 4.93. The van der Waals surface area contributed by atoms with Crippen LogP contribution in [0.3, 0.4) is 0 Å². The summed E-state index contributed by atoms with van der Waals surface area (Å²) in [5.74, 6) is 1.30. The molecule has 0 aliphatic heterocycles. The van der Waals surface area contributed by atoms with E-state index >= 15 is 0 Å². The number of hydrogen-bond acceptors (Lipinski definition) is 3. The van der Waals surface area contributed by atoms with E-state index in [0.29, 0.717) is 37.7 Å². The van der Waals surface area contributed by atoms with Gasteiger partial charge in [-0.2, -0.15) is 11.8 Å². The van der Waals surface area contributed by atoms with Gasteiger partial charge in [-0.1, -0.05) is 18.2 Å². The summed E-state index contributed by atoms with van der Waals surface area (Å²) in [7, 11) is 0. The molecular weight excluding hydrogens is 411 g/mol. The number of thioether (sulfide) groups is 1. The van der Waals surface area contributed by atoms with Crippen molar-refractivity contribution in [2.75, 3.05) is 25.9 Å². The Bertz CT molecular complexity index is 866. The summed E-state index contributed by atoms with van der Waals surface area (Å²) in [6.07, 6.45) is 2.01. The third kappa shape index (κ3) is 7.58. The van der Waals surface area contributed by atoms with E-state index < -0.39 is 0 Å². The van der Waals surface area contributed by atoms with E-state index in [4.69, 9.17) is 0 Å². The average molecular weight is 445 g/mol. The van der Waals surface area contributed by atoms with Crippen molar-refractivity contribution in [1.82, 2.24) is 15.5 Å². The summed E-state index contributed by atoms with van der Waals surface area (Å²) in [6.45, 7) is 9.19. The molecule has 2 N–H and O–H groups in total. The summed E-state index contributed by atoms with van der Waals surface area (Å²) < 4.78 is 13.6. The van der Waals surface area contributed by atoms with Crippen LogP contribution in [-0.2, 0) is 18.8 Å². The van der Waals surface area contributed by atoms with Crippen molar-refractivity contribution in [3.8, 4) is 0 Å². The Labute approximate surface area is 189 Å². The first-order valence-electron chi connectivity index (χ1n) is 10.7. The standard InChI is InChI=1S/C24H33FN4OS/c1-5-26-24(28-16-20-12-13-22(25)14-21(20)17-31-4)27-15-18-8-10-19(11-9-18)23(30)29(6-2)7-3/h8-14H,5-7,15-17H2,1-4H3,(H2,26,27,28). The lowest BCUT2D eigenvalue weighted by molar-refractivity contribution is 0.0773. The van der Waals surface area contributed by atoms with Gasteiger partial charge >= 0.3 is 0 Å². The molecule has 0 saturated carbocycles. The molecule has 1 amide bonds. The van der Waals surface area contributed by atoms with Crippen molar-refractivity contribution in [2.24, 2.45) is 4.99 Å². The predicted octanol–water partition coefficient (Wildman–Crippen LogP) is 4.43. The molecule has 7 heteroatoms. The van der Waals surface area contributed by atoms with E-state index in [-0.39, 0.29) is 11.7 Å². The quantitative estimate of drug-likeness (QED) is 0.421. The third-order valence-corrected chi connectivity index (χ3v) is 5.53. The number of guanidine groups is 1. The van der Waals surface area contributed by atoms with Gasteiger partial charge in [0.15, 0.2) is 5.96 Å². The van der Waals surface area contributed by atoms with Crippen LogP contribution < -0.4 is 10.6 Å². The van der Waals surface area contributed by atoms with Crippen LogP contribution >= 0.6 is 11.8 Å². The second kappa shape index (κ2) is 13.0. The zero-order valence-corrected chi connectivity index (χ0v) is 19.7. The second-order valence-corrected chi connectivity index (χ2v) is 7.94. The minimum Gasteiger partial charge on any atom is -0.357 e. The molecule has 0 aromatic heterocycles. The van der Waals surface area contributed by atoms with Gasteiger partial charge in [0.25, 0.3) is 5.91 Å². The Balaban J connectivity index is 2.04. The zero-order chi connectivity index (χ0) is 22.6. The fourth-order valence-electron chi connectivity index (χ4n) is 3.19. The highest BCUT2D eigenvalue weighted by molar-refractivity contribution is 7.97. The lowest BCUT2D eigenvalue weighted by atomic mass is 10.1. The average Bonchev–Trinajstić information content (AvgIpc) is 2.78. The van der Waals surface area contributed by atoms with Crippen LogP contribution in [0.15, 0.2) is 47.5 Å². The minimum absolute atomic E-state index is 0.0513.